The zero-order valence-corrected chi connectivity index (χ0v) is 23.8. The zero-order chi connectivity index (χ0) is 30.2. The number of rotatable bonds is 13. The van der Waals surface area contributed by atoms with E-state index in [1.165, 1.54) is 6.26 Å². The van der Waals surface area contributed by atoms with Crippen LogP contribution in [-0.4, -0.2) is 53.7 Å². The lowest BCUT2D eigenvalue weighted by atomic mass is 9.88. The number of primary amides is 1. The van der Waals surface area contributed by atoms with E-state index in [-0.39, 0.29) is 41.8 Å². The van der Waals surface area contributed by atoms with Crippen molar-refractivity contribution in [3.05, 3.63) is 65.5 Å². The van der Waals surface area contributed by atoms with Gasteiger partial charge in [-0.1, -0.05) is 61.5 Å². The smallest absolute Gasteiger partial charge is 0.271 e. The molecule has 0 radical (unpaired) electrons. The van der Waals surface area contributed by atoms with Gasteiger partial charge >= 0.3 is 0 Å². The number of hydrogen-bond donors (Lipinski definition) is 4. The molecule has 1 fully saturated rings. The highest BCUT2D eigenvalue weighted by atomic mass is 16.5. The molecule has 0 spiro atoms. The van der Waals surface area contributed by atoms with Gasteiger partial charge in [-0.2, -0.15) is 0 Å². The van der Waals surface area contributed by atoms with Gasteiger partial charge in [0.25, 0.3) is 5.91 Å². The number of amides is 4. The van der Waals surface area contributed by atoms with Crippen molar-refractivity contribution in [2.75, 3.05) is 6.54 Å². The minimum Gasteiger partial charge on any atom is -0.364 e. The van der Waals surface area contributed by atoms with Gasteiger partial charge in [-0.25, -0.2) is 0 Å². The van der Waals surface area contributed by atoms with Gasteiger partial charge in [0.15, 0.2) is 5.69 Å². The number of aldehydes is 1. The molecule has 11 heteroatoms. The summed E-state index contributed by atoms with van der Waals surface area (Å²) >= 11 is 0. The first-order valence-electron chi connectivity index (χ1n) is 14.2. The zero-order valence-electron chi connectivity index (χ0n) is 23.8. The van der Waals surface area contributed by atoms with Crippen LogP contribution in [0.4, 0.5) is 0 Å². The second-order valence-electron chi connectivity index (χ2n) is 11.2. The number of carbonyl (C=O) groups excluding carboxylic acids is 5. The van der Waals surface area contributed by atoms with Crippen LogP contribution in [0.1, 0.15) is 67.1 Å². The van der Waals surface area contributed by atoms with E-state index in [0.29, 0.717) is 25.7 Å². The van der Waals surface area contributed by atoms with Gasteiger partial charge in [0, 0.05) is 18.0 Å². The first-order chi connectivity index (χ1) is 20.2. The lowest BCUT2D eigenvalue weighted by molar-refractivity contribution is -0.132. The van der Waals surface area contributed by atoms with Crippen molar-refractivity contribution in [1.29, 1.82) is 0 Å². The molecule has 2 aromatic carbocycles. The molecule has 42 heavy (non-hydrogen) atoms. The summed E-state index contributed by atoms with van der Waals surface area (Å²) in [4.78, 5) is 63.6. The number of aromatic nitrogens is 1. The highest BCUT2D eigenvalue weighted by molar-refractivity contribution is 5.97. The average molecular weight is 576 g/mol. The van der Waals surface area contributed by atoms with Crippen molar-refractivity contribution in [3.8, 4) is 0 Å². The van der Waals surface area contributed by atoms with E-state index in [0.717, 1.165) is 22.8 Å². The molecule has 2 heterocycles. The second-order valence-corrected chi connectivity index (χ2v) is 11.2. The lowest BCUT2D eigenvalue weighted by Crippen LogP contribution is -2.52. The van der Waals surface area contributed by atoms with Gasteiger partial charge in [0.2, 0.25) is 17.7 Å². The Balaban J connectivity index is 1.59. The number of nitrogens with two attached hydrogens (primary N) is 1. The van der Waals surface area contributed by atoms with Crippen molar-refractivity contribution in [2.24, 2.45) is 17.6 Å². The molecule has 0 saturated carbocycles. The maximum absolute atomic E-state index is 13.9. The third kappa shape index (κ3) is 7.39. The fourth-order valence-electron chi connectivity index (χ4n) is 5.49. The van der Waals surface area contributed by atoms with Gasteiger partial charge < -0.3 is 31.0 Å². The van der Waals surface area contributed by atoms with Crippen LogP contribution in [0.25, 0.3) is 10.8 Å². The molecule has 1 aliphatic rings. The first-order valence-corrected chi connectivity index (χ1v) is 14.2. The van der Waals surface area contributed by atoms with Crippen molar-refractivity contribution in [2.45, 2.75) is 64.0 Å². The number of nitrogens with zero attached hydrogens (tertiary/aromatic N) is 1. The van der Waals surface area contributed by atoms with E-state index in [1.54, 1.807) is 0 Å². The molecular formula is C31H37N5O6. The predicted molar refractivity (Wildman–Crippen MR) is 155 cm³/mol. The molecule has 5 N–H and O–H groups in total. The van der Waals surface area contributed by atoms with Crippen LogP contribution in [-0.2, 0) is 25.6 Å². The van der Waals surface area contributed by atoms with E-state index in [4.69, 9.17) is 10.3 Å². The number of piperidine rings is 1. The number of nitrogens with one attached hydrogen (secondary N) is 3. The number of carbonyl (C=O) groups is 5. The van der Waals surface area contributed by atoms with Crippen LogP contribution in [0.3, 0.4) is 0 Å². The van der Waals surface area contributed by atoms with Gasteiger partial charge in [-0.3, -0.25) is 19.2 Å². The van der Waals surface area contributed by atoms with Crippen LogP contribution in [0, 0.1) is 11.8 Å². The van der Waals surface area contributed by atoms with E-state index in [9.17, 15) is 24.0 Å². The lowest BCUT2D eigenvalue weighted by Gasteiger charge is -2.27. The summed E-state index contributed by atoms with van der Waals surface area (Å²) in [7, 11) is 0. The van der Waals surface area contributed by atoms with Crippen molar-refractivity contribution in [3.63, 3.8) is 0 Å². The molecular weight excluding hydrogens is 538 g/mol. The average Bonchev–Trinajstić information content (AvgIpc) is 3.46. The molecule has 1 aromatic heterocycles. The quantitative estimate of drug-likeness (QED) is 0.226. The minimum absolute atomic E-state index is 0.0214. The van der Waals surface area contributed by atoms with Crippen LogP contribution < -0.4 is 21.7 Å². The van der Waals surface area contributed by atoms with Crippen LogP contribution in [0.5, 0.6) is 0 Å². The SMILES string of the molecule is CC(C)C[C@H](NC(=O)[C@@H](Cc1cccc2ccccc12)c1conc1C(N)=O)C(=O)N[C@H](C=O)C[C@@H]1CCCNC1=O. The molecule has 11 nitrogen and oxygen atoms in total. The number of benzene rings is 2. The summed E-state index contributed by atoms with van der Waals surface area (Å²) in [6.07, 6.45) is 3.93. The van der Waals surface area contributed by atoms with Crippen LogP contribution in [0.2, 0.25) is 0 Å². The standard InChI is InChI=1S/C31H37N5O6/c1-18(2)13-26(31(41)34-22(16-37)14-21-10-6-12-33-29(21)39)35-30(40)24(25-17-42-36-27(25)28(32)38)15-20-9-5-8-19-7-3-4-11-23(19)20/h3-5,7-9,11,16-18,21-22,24,26H,6,10,12-15H2,1-2H3,(H2,32,38)(H,33,39)(H,34,41)(H,35,40)/t21-,22-,24-,26-/m0/s1. The summed E-state index contributed by atoms with van der Waals surface area (Å²) < 4.78 is 5.05. The van der Waals surface area contributed by atoms with Gasteiger partial charge in [-0.15, -0.1) is 0 Å². The molecule has 0 unspecified atom stereocenters. The normalized spacial score (nSPS) is 17.2. The van der Waals surface area contributed by atoms with Crippen LogP contribution in [0.15, 0.2) is 53.3 Å². The van der Waals surface area contributed by atoms with E-state index >= 15 is 0 Å². The fourth-order valence-corrected chi connectivity index (χ4v) is 5.49. The minimum atomic E-state index is -0.980. The molecule has 4 atom stereocenters. The first kappa shape index (κ1) is 30.4. The summed E-state index contributed by atoms with van der Waals surface area (Å²) in [5.41, 5.74) is 6.44. The summed E-state index contributed by atoms with van der Waals surface area (Å²) in [6, 6.07) is 11.6. The maximum Gasteiger partial charge on any atom is 0.271 e. The Morgan fingerprint density at radius 3 is 2.60 bits per heavy atom. The van der Waals surface area contributed by atoms with E-state index in [1.807, 2.05) is 56.3 Å². The van der Waals surface area contributed by atoms with Crippen molar-refractivity contribution in [1.82, 2.24) is 21.1 Å². The molecule has 0 bridgehead atoms. The Kier molecular flexibility index (Phi) is 10.1. The highest BCUT2D eigenvalue weighted by Gasteiger charge is 2.33. The molecule has 1 aliphatic heterocycles. The Morgan fingerprint density at radius 2 is 1.88 bits per heavy atom. The Bertz CT molecular complexity index is 1450. The van der Waals surface area contributed by atoms with Gasteiger partial charge in [-0.05, 0) is 54.4 Å². The topological polar surface area (TPSA) is 173 Å². The third-order valence-electron chi connectivity index (χ3n) is 7.60. The van der Waals surface area contributed by atoms with Gasteiger partial charge in [0.05, 0.1) is 12.0 Å². The molecule has 0 aliphatic carbocycles. The molecule has 4 rings (SSSR count). The predicted octanol–water partition coefficient (Wildman–Crippen LogP) is 2.38. The molecule has 222 valence electrons. The van der Waals surface area contributed by atoms with Crippen LogP contribution >= 0.6 is 0 Å². The van der Waals surface area contributed by atoms with Gasteiger partial charge in [0.1, 0.15) is 18.6 Å². The molecule has 1 saturated heterocycles. The van der Waals surface area contributed by atoms with E-state index < -0.39 is 35.7 Å². The monoisotopic (exact) mass is 575 g/mol. The van der Waals surface area contributed by atoms with E-state index in [2.05, 4.69) is 21.1 Å². The molecule has 3 aromatic rings. The number of hydrogen-bond acceptors (Lipinski definition) is 7. The fraction of sp³-hybridized carbons (Fsp3) is 0.419. The Labute approximate surface area is 243 Å². The second kappa shape index (κ2) is 13.9. The maximum atomic E-state index is 13.9. The Hall–Kier alpha value is -4.54. The summed E-state index contributed by atoms with van der Waals surface area (Å²) in [6.45, 7) is 4.42. The number of fused-ring (bicyclic) bond motifs is 1. The Morgan fingerprint density at radius 1 is 1.12 bits per heavy atom. The molecule has 4 amide bonds. The third-order valence-corrected chi connectivity index (χ3v) is 7.60. The largest absolute Gasteiger partial charge is 0.364 e. The summed E-state index contributed by atoms with van der Waals surface area (Å²) in [5, 5.41) is 14.0. The summed E-state index contributed by atoms with van der Waals surface area (Å²) in [5.74, 6) is -3.35. The van der Waals surface area contributed by atoms with Crippen molar-refractivity contribution < 1.29 is 28.5 Å². The van der Waals surface area contributed by atoms with Crippen molar-refractivity contribution >= 4 is 40.7 Å². The highest BCUT2D eigenvalue weighted by Crippen LogP contribution is 2.29.